The fraction of sp³-hybridized carbons (Fsp3) is 0.238. The second-order valence-electron chi connectivity index (χ2n) is 6.48. The SMILES string of the molecule is O=C(NC(c1ccccc1)c1ccccc1)N1CCC(Oc2nccs2)C1. The lowest BCUT2D eigenvalue weighted by molar-refractivity contribution is 0.185. The summed E-state index contributed by atoms with van der Waals surface area (Å²) in [5.41, 5.74) is 2.12. The van der Waals surface area contributed by atoms with Crippen LogP contribution in [0.4, 0.5) is 4.79 Å². The Morgan fingerprint density at radius 2 is 1.78 bits per heavy atom. The van der Waals surface area contributed by atoms with Crippen LogP contribution in [0.1, 0.15) is 23.6 Å². The Bertz CT molecular complexity index is 816. The molecule has 0 bridgehead atoms. The average Bonchev–Trinajstić information content (AvgIpc) is 3.40. The molecular weight excluding hydrogens is 358 g/mol. The molecule has 0 aliphatic carbocycles. The minimum atomic E-state index is -0.182. The van der Waals surface area contributed by atoms with Gasteiger partial charge in [0.15, 0.2) is 0 Å². The number of hydrogen-bond acceptors (Lipinski definition) is 4. The van der Waals surface area contributed by atoms with Gasteiger partial charge in [-0.05, 0) is 11.1 Å². The van der Waals surface area contributed by atoms with Crippen LogP contribution in [0.3, 0.4) is 0 Å². The van der Waals surface area contributed by atoms with Crippen molar-refractivity contribution >= 4 is 17.4 Å². The monoisotopic (exact) mass is 379 g/mol. The molecule has 0 spiro atoms. The van der Waals surface area contributed by atoms with Gasteiger partial charge in [-0.25, -0.2) is 9.78 Å². The van der Waals surface area contributed by atoms with E-state index in [4.69, 9.17) is 4.74 Å². The van der Waals surface area contributed by atoms with Crippen molar-refractivity contribution in [3.05, 3.63) is 83.4 Å². The van der Waals surface area contributed by atoms with Crippen LogP contribution in [0.5, 0.6) is 5.19 Å². The zero-order valence-electron chi connectivity index (χ0n) is 14.8. The number of nitrogens with zero attached hydrogens (tertiary/aromatic N) is 2. The second-order valence-corrected chi connectivity index (χ2v) is 7.33. The molecule has 138 valence electrons. The quantitative estimate of drug-likeness (QED) is 0.726. The summed E-state index contributed by atoms with van der Waals surface area (Å²) in [6.07, 6.45) is 2.53. The number of carbonyl (C=O) groups excluding carboxylic acids is 1. The Morgan fingerprint density at radius 1 is 1.11 bits per heavy atom. The highest BCUT2D eigenvalue weighted by Crippen LogP contribution is 2.24. The van der Waals surface area contributed by atoms with Crippen molar-refractivity contribution < 1.29 is 9.53 Å². The number of amides is 2. The van der Waals surface area contributed by atoms with Crippen molar-refractivity contribution in [1.29, 1.82) is 0 Å². The predicted molar refractivity (Wildman–Crippen MR) is 106 cm³/mol. The highest BCUT2D eigenvalue weighted by Gasteiger charge is 2.29. The van der Waals surface area contributed by atoms with Crippen molar-refractivity contribution in [1.82, 2.24) is 15.2 Å². The smallest absolute Gasteiger partial charge is 0.318 e. The Labute approximate surface area is 162 Å². The minimum Gasteiger partial charge on any atom is -0.465 e. The molecule has 0 radical (unpaired) electrons. The van der Waals surface area contributed by atoms with Crippen LogP contribution in [-0.2, 0) is 0 Å². The zero-order valence-corrected chi connectivity index (χ0v) is 15.6. The molecule has 27 heavy (non-hydrogen) atoms. The molecule has 1 aliphatic heterocycles. The van der Waals surface area contributed by atoms with Crippen LogP contribution in [0.2, 0.25) is 0 Å². The molecule has 4 rings (SSSR count). The highest BCUT2D eigenvalue weighted by molar-refractivity contribution is 7.11. The zero-order chi connectivity index (χ0) is 18.5. The Kier molecular flexibility index (Phi) is 5.34. The van der Waals surface area contributed by atoms with Gasteiger partial charge in [0.2, 0.25) is 0 Å². The van der Waals surface area contributed by atoms with Crippen LogP contribution in [0.15, 0.2) is 72.2 Å². The van der Waals surface area contributed by atoms with Crippen molar-refractivity contribution in [2.24, 2.45) is 0 Å². The third kappa shape index (κ3) is 4.28. The topological polar surface area (TPSA) is 54.5 Å². The number of urea groups is 1. The van der Waals surface area contributed by atoms with Crippen molar-refractivity contribution in [3.63, 3.8) is 0 Å². The molecule has 1 aromatic heterocycles. The Morgan fingerprint density at radius 3 is 2.37 bits per heavy atom. The standard InChI is InChI=1S/C21H21N3O2S/c25-20(24-13-11-18(15-24)26-21-22-12-14-27-21)23-19(16-7-3-1-4-8-16)17-9-5-2-6-10-17/h1-10,12,14,18-19H,11,13,15H2,(H,23,25). The fourth-order valence-electron chi connectivity index (χ4n) is 3.28. The van der Waals surface area contributed by atoms with Crippen LogP contribution >= 0.6 is 11.3 Å². The summed E-state index contributed by atoms with van der Waals surface area (Å²) < 4.78 is 5.86. The maximum atomic E-state index is 12.9. The summed E-state index contributed by atoms with van der Waals surface area (Å²) >= 11 is 1.47. The van der Waals surface area contributed by atoms with Crippen LogP contribution in [-0.4, -0.2) is 35.1 Å². The molecule has 5 nitrogen and oxygen atoms in total. The van der Waals surface area contributed by atoms with Crippen LogP contribution in [0, 0.1) is 0 Å². The van der Waals surface area contributed by atoms with Gasteiger partial charge in [0.05, 0.1) is 12.6 Å². The third-order valence-corrected chi connectivity index (χ3v) is 5.30. The Hall–Kier alpha value is -2.86. The number of rotatable bonds is 5. The molecule has 3 aromatic rings. The Balaban J connectivity index is 1.44. The summed E-state index contributed by atoms with van der Waals surface area (Å²) in [4.78, 5) is 18.9. The molecule has 1 N–H and O–H groups in total. The van der Waals surface area contributed by atoms with E-state index in [-0.39, 0.29) is 18.2 Å². The largest absolute Gasteiger partial charge is 0.465 e. The van der Waals surface area contributed by atoms with E-state index in [1.807, 2.05) is 70.9 Å². The predicted octanol–water partition coefficient (Wildman–Crippen LogP) is 4.10. The van der Waals surface area contributed by atoms with E-state index in [1.165, 1.54) is 11.3 Å². The number of aromatic nitrogens is 1. The summed E-state index contributed by atoms with van der Waals surface area (Å²) in [5, 5.41) is 5.74. The molecule has 2 heterocycles. The lowest BCUT2D eigenvalue weighted by atomic mass is 9.99. The van der Waals surface area contributed by atoms with Gasteiger partial charge in [0.1, 0.15) is 6.10 Å². The molecular formula is C21H21N3O2S. The molecule has 0 saturated carbocycles. The third-order valence-electron chi connectivity index (χ3n) is 4.64. The maximum absolute atomic E-state index is 12.9. The number of ether oxygens (including phenoxy) is 1. The summed E-state index contributed by atoms with van der Waals surface area (Å²) in [6.45, 7) is 1.25. The van der Waals surface area contributed by atoms with Gasteiger partial charge in [-0.3, -0.25) is 0 Å². The van der Waals surface area contributed by atoms with Crippen molar-refractivity contribution in [3.8, 4) is 5.19 Å². The second kappa shape index (κ2) is 8.22. The molecule has 1 aliphatic rings. The van der Waals surface area contributed by atoms with Crippen molar-refractivity contribution in [2.45, 2.75) is 18.6 Å². The number of hydrogen-bond donors (Lipinski definition) is 1. The number of thiazole rings is 1. The summed E-state index contributed by atoms with van der Waals surface area (Å²) in [6, 6.07) is 19.8. The van der Waals surface area contributed by atoms with E-state index in [0.29, 0.717) is 18.3 Å². The maximum Gasteiger partial charge on any atom is 0.318 e. The average molecular weight is 379 g/mol. The van der Waals surface area contributed by atoms with Crippen LogP contribution < -0.4 is 10.1 Å². The number of benzene rings is 2. The number of nitrogens with one attached hydrogen (secondary N) is 1. The first-order valence-electron chi connectivity index (χ1n) is 9.01. The van der Waals surface area contributed by atoms with Gasteiger partial charge in [0.25, 0.3) is 5.19 Å². The van der Waals surface area contributed by atoms with Gasteiger partial charge < -0.3 is 15.0 Å². The van der Waals surface area contributed by atoms with E-state index in [0.717, 1.165) is 17.5 Å². The highest BCUT2D eigenvalue weighted by atomic mass is 32.1. The molecule has 2 aromatic carbocycles. The van der Waals surface area contributed by atoms with Gasteiger partial charge in [-0.2, -0.15) is 0 Å². The van der Waals surface area contributed by atoms with E-state index in [2.05, 4.69) is 10.3 Å². The summed E-state index contributed by atoms with van der Waals surface area (Å²) in [5.74, 6) is 0. The first-order valence-corrected chi connectivity index (χ1v) is 9.89. The van der Waals surface area contributed by atoms with Crippen molar-refractivity contribution in [2.75, 3.05) is 13.1 Å². The summed E-state index contributed by atoms with van der Waals surface area (Å²) in [7, 11) is 0. The van der Waals surface area contributed by atoms with E-state index < -0.39 is 0 Å². The normalized spacial score (nSPS) is 16.5. The van der Waals surface area contributed by atoms with E-state index >= 15 is 0 Å². The molecule has 6 heteroatoms. The van der Waals surface area contributed by atoms with E-state index in [9.17, 15) is 4.79 Å². The molecule has 1 fully saturated rings. The molecule has 1 atom stereocenters. The molecule has 1 saturated heterocycles. The van der Waals surface area contributed by atoms with Gasteiger partial charge in [-0.1, -0.05) is 72.0 Å². The van der Waals surface area contributed by atoms with Crippen LogP contribution in [0.25, 0.3) is 0 Å². The fourth-order valence-corrected chi connectivity index (χ4v) is 3.84. The number of carbonyl (C=O) groups is 1. The first kappa shape index (κ1) is 17.5. The lowest BCUT2D eigenvalue weighted by Crippen LogP contribution is -2.41. The van der Waals surface area contributed by atoms with Gasteiger partial charge >= 0.3 is 6.03 Å². The van der Waals surface area contributed by atoms with E-state index in [1.54, 1.807) is 6.20 Å². The molecule has 2 amide bonds. The first-order chi connectivity index (χ1) is 13.3. The van der Waals surface area contributed by atoms with Gasteiger partial charge in [0, 0.05) is 24.5 Å². The minimum absolute atomic E-state index is 0.00574. The number of likely N-dealkylation sites (tertiary alicyclic amines) is 1. The lowest BCUT2D eigenvalue weighted by Gasteiger charge is -2.24. The molecule has 1 unspecified atom stereocenters. The van der Waals surface area contributed by atoms with Gasteiger partial charge in [-0.15, -0.1) is 0 Å².